The van der Waals surface area contributed by atoms with E-state index in [9.17, 15) is 0 Å². The van der Waals surface area contributed by atoms with Crippen LogP contribution in [0.2, 0.25) is 0 Å². The Morgan fingerprint density at radius 1 is 1.28 bits per heavy atom. The molecule has 0 N–H and O–H groups in total. The first-order chi connectivity index (χ1) is 8.90. The molecule has 0 bridgehead atoms. The molecule has 94 valence electrons. The molecule has 0 spiro atoms. The topological polar surface area (TPSA) is 21.6 Å². The SMILES string of the molecule is C#CCCON=C1CSC(c2ccccc2)SC1. The lowest BCUT2D eigenvalue weighted by Crippen LogP contribution is -2.14. The van der Waals surface area contributed by atoms with E-state index in [4.69, 9.17) is 11.3 Å². The molecule has 0 amide bonds. The standard InChI is InChI=1S/C14H15NOS2/c1-2-3-9-16-15-13-10-17-14(18-11-13)12-7-5-4-6-8-12/h1,4-8,14H,3,9-11H2. The molecule has 18 heavy (non-hydrogen) atoms. The molecular weight excluding hydrogens is 262 g/mol. The van der Waals surface area contributed by atoms with Crippen LogP contribution in [0.25, 0.3) is 0 Å². The first kappa shape index (κ1) is 13.4. The van der Waals surface area contributed by atoms with Crippen molar-refractivity contribution >= 4 is 29.2 Å². The van der Waals surface area contributed by atoms with E-state index in [-0.39, 0.29) is 0 Å². The third-order valence-electron chi connectivity index (χ3n) is 2.41. The van der Waals surface area contributed by atoms with E-state index in [0.717, 1.165) is 17.2 Å². The number of rotatable bonds is 4. The van der Waals surface area contributed by atoms with E-state index < -0.39 is 0 Å². The van der Waals surface area contributed by atoms with Crippen molar-refractivity contribution in [1.29, 1.82) is 0 Å². The Hall–Kier alpha value is -1.05. The van der Waals surface area contributed by atoms with E-state index in [1.807, 2.05) is 29.6 Å². The Labute approximate surface area is 117 Å². The summed E-state index contributed by atoms with van der Waals surface area (Å²) >= 11 is 3.80. The average Bonchev–Trinajstić information content (AvgIpc) is 2.45. The van der Waals surface area contributed by atoms with Gasteiger partial charge in [0, 0.05) is 17.9 Å². The molecule has 0 atom stereocenters. The van der Waals surface area contributed by atoms with Crippen LogP contribution in [0.4, 0.5) is 0 Å². The second kappa shape index (κ2) is 7.40. The third-order valence-corrected chi connectivity index (χ3v) is 5.37. The highest BCUT2D eigenvalue weighted by Crippen LogP contribution is 2.42. The van der Waals surface area contributed by atoms with Crippen molar-refractivity contribution in [1.82, 2.24) is 0 Å². The molecule has 1 aliphatic heterocycles. The highest BCUT2D eigenvalue weighted by molar-refractivity contribution is 8.18. The van der Waals surface area contributed by atoms with Crippen molar-refractivity contribution in [3.05, 3.63) is 35.9 Å². The van der Waals surface area contributed by atoms with Crippen LogP contribution in [0.1, 0.15) is 16.6 Å². The number of nitrogens with zero attached hydrogens (tertiary/aromatic N) is 1. The van der Waals surface area contributed by atoms with E-state index in [0.29, 0.717) is 17.6 Å². The molecule has 4 heteroatoms. The molecule has 0 saturated carbocycles. The van der Waals surface area contributed by atoms with Gasteiger partial charge in [0.15, 0.2) is 0 Å². The summed E-state index contributed by atoms with van der Waals surface area (Å²) in [5.74, 6) is 4.40. The maximum Gasteiger partial charge on any atom is 0.128 e. The first-order valence-electron chi connectivity index (χ1n) is 5.79. The quantitative estimate of drug-likeness (QED) is 0.477. The van der Waals surface area contributed by atoms with Gasteiger partial charge in [0.2, 0.25) is 0 Å². The summed E-state index contributed by atoms with van der Waals surface area (Å²) in [6, 6.07) is 10.6. The summed E-state index contributed by atoms with van der Waals surface area (Å²) < 4.78 is 0.510. The summed E-state index contributed by atoms with van der Waals surface area (Å²) in [7, 11) is 0. The van der Waals surface area contributed by atoms with Gasteiger partial charge < -0.3 is 4.84 Å². The van der Waals surface area contributed by atoms with Gasteiger partial charge >= 0.3 is 0 Å². The van der Waals surface area contributed by atoms with Crippen molar-refractivity contribution in [2.24, 2.45) is 5.16 Å². The zero-order valence-electron chi connectivity index (χ0n) is 10.0. The molecular formula is C14H15NOS2. The summed E-state index contributed by atoms with van der Waals surface area (Å²) in [4.78, 5) is 5.17. The number of thioether (sulfide) groups is 2. The molecule has 1 aromatic carbocycles. The van der Waals surface area contributed by atoms with Crippen molar-refractivity contribution in [3.8, 4) is 12.3 Å². The van der Waals surface area contributed by atoms with Crippen LogP contribution in [-0.4, -0.2) is 23.8 Å². The molecule has 2 rings (SSSR count). The highest BCUT2D eigenvalue weighted by atomic mass is 32.2. The van der Waals surface area contributed by atoms with E-state index in [1.54, 1.807) is 0 Å². The van der Waals surface area contributed by atoms with Crippen LogP contribution >= 0.6 is 23.5 Å². The van der Waals surface area contributed by atoms with Crippen LogP contribution < -0.4 is 0 Å². The van der Waals surface area contributed by atoms with Gasteiger partial charge in [-0.1, -0.05) is 35.5 Å². The van der Waals surface area contributed by atoms with Crippen molar-refractivity contribution < 1.29 is 4.84 Å². The van der Waals surface area contributed by atoms with E-state index in [2.05, 4.69) is 35.3 Å². The van der Waals surface area contributed by atoms with Gasteiger partial charge in [-0.05, 0) is 5.56 Å². The molecule has 0 aliphatic carbocycles. The molecule has 0 aromatic heterocycles. The lowest BCUT2D eigenvalue weighted by molar-refractivity contribution is 0.150. The maximum absolute atomic E-state index is 5.17. The van der Waals surface area contributed by atoms with Crippen molar-refractivity contribution in [2.45, 2.75) is 11.0 Å². The number of benzene rings is 1. The van der Waals surface area contributed by atoms with Gasteiger partial charge in [-0.2, -0.15) is 0 Å². The van der Waals surface area contributed by atoms with Crippen LogP contribution in [0.3, 0.4) is 0 Å². The lowest BCUT2D eigenvalue weighted by Gasteiger charge is -2.22. The molecule has 0 unspecified atom stereocenters. The molecule has 1 heterocycles. The monoisotopic (exact) mass is 277 g/mol. The summed E-state index contributed by atoms with van der Waals surface area (Å²) in [6.45, 7) is 0.511. The fourth-order valence-corrected chi connectivity index (χ4v) is 4.15. The van der Waals surface area contributed by atoms with E-state index in [1.165, 1.54) is 5.56 Å². The van der Waals surface area contributed by atoms with Gasteiger partial charge in [-0.15, -0.1) is 35.9 Å². The predicted octanol–water partition coefficient (Wildman–Crippen LogP) is 3.56. The normalized spacial score (nSPS) is 19.1. The van der Waals surface area contributed by atoms with Crippen LogP contribution in [-0.2, 0) is 4.84 Å². The Morgan fingerprint density at radius 2 is 2.00 bits per heavy atom. The molecule has 1 fully saturated rings. The first-order valence-corrected chi connectivity index (χ1v) is 7.89. The highest BCUT2D eigenvalue weighted by Gasteiger charge is 2.20. The van der Waals surface area contributed by atoms with Gasteiger partial charge in [0.05, 0.1) is 10.3 Å². The second-order valence-corrected chi connectivity index (χ2v) is 6.29. The minimum atomic E-state index is 0.510. The zero-order valence-corrected chi connectivity index (χ0v) is 11.7. The van der Waals surface area contributed by atoms with Crippen molar-refractivity contribution in [3.63, 3.8) is 0 Å². The third kappa shape index (κ3) is 4.01. The minimum absolute atomic E-state index is 0.510. The Morgan fingerprint density at radius 3 is 2.67 bits per heavy atom. The fourth-order valence-electron chi connectivity index (χ4n) is 1.53. The van der Waals surface area contributed by atoms with Gasteiger partial charge in [-0.3, -0.25) is 0 Å². The fraction of sp³-hybridized carbons (Fsp3) is 0.357. The maximum atomic E-state index is 5.17. The number of hydrogen-bond donors (Lipinski definition) is 0. The molecule has 2 nitrogen and oxygen atoms in total. The number of oxime groups is 1. The predicted molar refractivity (Wildman–Crippen MR) is 80.9 cm³/mol. The summed E-state index contributed by atoms with van der Waals surface area (Å²) in [5, 5.41) is 4.13. The van der Waals surface area contributed by atoms with Gasteiger partial charge in [0.25, 0.3) is 0 Å². The van der Waals surface area contributed by atoms with Gasteiger partial charge in [0.1, 0.15) is 6.61 Å². The molecule has 1 saturated heterocycles. The summed E-state index contributed by atoms with van der Waals surface area (Å²) in [5.41, 5.74) is 2.48. The number of terminal acetylenes is 1. The Kier molecular flexibility index (Phi) is 5.50. The van der Waals surface area contributed by atoms with Crippen LogP contribution in [0.15, 0.2) is 35.5 Å². The van der Waals surface area contributed by atoms with Crippen LogP contribution in [0, 0.1) is 12.3 Å². The molecule has 1 aliphatic rings. The zero-order chi connectivity index (χ0) is 12.6. The van der Waals surface area contributed by atoms with Crippen LogP contribution in [0.5, 0.6) is 0 Å². The largest absolute Gasteiger partial charge is 0.395 e. The minimum Gasteiger partial charge on any atom is -0.395 e. The average molecular weight is 277 g/mol. The Bertz CT molecular complexity index is 429. The van der Waals surface area contributed by atoms with Crippen molar-refractivity contribution in [2.75, 3.05) is 18.1 Å². The van der Waals surface area contributed by atoms with Gasteiger partial charge in [-0.25, -0.2) is 0 Å². The molecule has 0 radical (unpaired) electrons. The summed E-state index contributed by atoms with van der Waals surface area (Å²) in [6.07, 6.45) is 5.76. The lowest BCUT2D eigenvalue weighted by atomic mass is 10.2. The smallest absolute Gasteiger partial charge is 0.128 e. The second-order valence-electron chi connectivity index (χ2n) is 3.81. The number of hydrogen-bond acceptors (Lipinski definition) is 4. The van der Waals surface area contributed by atoms with E-state index >= 15 is 0 Å². The Balaban J connectivity index is 1.80. The molecule has 1 aromatic rings.